The molecule has 3 nitrogen and oxygen atoms in total. The van der Waals surface area contributed by atoms with Gasteiger partial charge in [0.25, 0.3) is 0 Å². The first-order chi connectivity index (χ1) is 7.96. The zero-order valence-electron chi connectivity index (χ0n) is 11.3. The molecule has 1 aromatic rings. The number of nitrogens with two attached hydrogens (primary N) is 1. The van der Waals surface area contributed by atoms with Crippen LogP contribution in [0.3, 0.4) is 0 Å². The summed E-state index contributed by atoms with van der Waals surface area (Å²) in [7, 11) is 0. The van der Waals surface area contributed by atoms with Gasteiger partial charge in [-0.3, -0.25) is 11.3 Å². The number of hydrogen-bond donors (Lipinski definition) is 2. The van der Waals surface area contributed by atoms with E-state index >= 15 is 0 Å². The third kappa shape index (κ3) is 4.75. The molecule has 0 aliphatic rings. The average Bonchev–Trinajstić information content (AvgIpc) is 2.26. The molecule has 1 unspecified atom stereocenters. The van der Waals surface area contributed by atoms with Gasteiger partial charge >= 0.3 is 0 Å². The van der Waals surface area contributed by atoms with Crippen LogP contribution >= 0.6 is 0 Å². The second-order valence-electron chi connectivity index (χ2n) is 5.49. The van der Waals surface area contributed by atoms with Gasteiger partial charge in [0, 0.05) is 6.04 Å². The highest BCUT2D eigenvalue weighted by atomic mass is 16.5. The fourth-order valence-electron chi connectivity index (χ4n) is 1.85. The Kier molecular flexibility index (Phi) is 4.97. The van der Waals surface area contributed by atoms with Crippen molar-refractivity contribution < 1.29 is 4.74 Å². The van der Waals surface area contributed by atoms with E-state index in [1.807, 2.05) is 19.1 Å². The molecule has 0 aromatic heterocycles. The minimum absolute atomic E-state index is 0.186. The third-order valence-electron chi connectivity index (χ3n) is 2.61. The lowest BCUT2D eigenvalue weighted by Crippen LogP contribution is -2.31. The first-order valence-electron chi connectivity index (χ1n) is 6.15. The van der Waals surface area contributed by atoms with Crippen molar-refractivity contribution in [2.75, 3.05) is 6.61 Å². The van der Waals surface area contributed by atoms with Crippen LogP contribution < -0.4 is 16.0 Å². The van der Waals surface area contributed by atoms with E-state index in [0.29, 0.717) is 6.61 Å². The van der Waals surface area contributed by atoms with Gasteiger partial charge in [-0.05, 0) is 36.5 Å². The number of ether oxygens (including phenoxy) is 1. The van der Waals surface area contributed by atoms with Crippen molar-refractivity contribution in [1.82, 2.24) is 5.43 Å². The van der Waals surface area contributed by atoms with Gasteiger partial charge in [-0.1, -0.05) is 32.9 Å². The van der Waals surface area contributed by atoms with E-state index < -0.39 is 0 Å². The summed E-state index contributed by atoms with van der Waals surface area (Å²) in [6.07, 6.45) is 0.998. The van der Waals surface area contributed by atoms with Crippen molar-refractivity contribution in [3.05, 3.63) is 29.8 Å². The molecule has 96 valence electrons. The molecule has 17 heavy (non-hydrogen) atoms. The molecule has 1 rings (SSSR count). The zero-order chi connectivity index (χ0) is 12.9. The molecule has 0 fully saturated rings. The predicted octanol–water partition coefficient (Wildman–Crippen LogP) is 3.03. The van der Waals surface area contributed by atoms with Crippen LogP contribution in [0.5, 0.6) is 5.75 Å². The monoisotopic (exact) mass is 236 g/mol. The molecular weight excluding hydrogens is 212 g/mol. The van der Waals surface area contributed by atoms with Crippen molar-refractivity contribution in [3.8, 4) is 5.75 Å². The van der Waals surface area contributed by atoms with E-state index in [0.717, 1.165) is 12.2 Å². The maximum Gasteiger partial charge on any atom is 0.119 e. The van der Waals surface area contributed by atoms with E-state index in [2.05, 4.69) is 38.3 Å². The topological polar surface area (TPSA) is 47.3 Å². The maximum absolute atomic E-state index is 5.63. The highest BCUT2D eigenvalue weighted by Gasteiger charge is 2.19. The fourth-order valence-corrected chi connectivity index (χ4v) is 1.85. The summed E-state index contributed by atoms with van der Waals surface area (Å²) < 4.78 is 5.42. The van der Waals surface area contributed by atoms with Gasteiger partial charge in [0.05, 0.1) is 6.61 Å². The van der Waals surface area contributed by atoms with E-state index in [4.69, 9.17) is 10.6 Å². The molecule has 0 aliphatic heterocycles. The Hall–Kier alpha value is -1.06. The summed E-state index contributed by atoms with van der Waals surface area (Å²) in [4.78, 5) is 0. The van der Waals surface area contributed by atoms with Crippen LogP contribution in [0, 0.1) is 5.41 Å². The molecule has 1 atom stereocenters. The van der Waals surface area contributed by atoms with E-state index in [-0.39, 0.29) is 11.5 Å². The Morgan fingerprint density at radius 3 is 2.24 bits per heavy atom. The van der Waals surface area contributed by atoms with Crippen LogP contribution in [0.1, 0.15) is 45.7 Å². The summed E-state index contributed by atoms with van der Waals surface area (Å²) >= 11 is 0. The summed E-state index contributed by atoms with van der Waals surface area (Å²) in [5, 5.41) is 0. The number of hydrazine groups is 1. The van der Waals surface area contributed by atoms with Crippen LogP contribution in [0.2, 0.25) is 0 Å². The lowest BCUT2D eigenvalue weighted by Gasteiger charge is -2.25. The molecule has 0 heterocycles. The zero-order valence-corrected chi connectivity index (χ0v) is 11.3. The number of hydrogen-bond acceptors (Lipinski definition) is 3. The van der Waals surface area contributed by atoms with E-state index in [1.165, 1.54) is 5.56 Å². The Morgan fingerprint density at radius 2 is 1.82 bits per heavy atom. The Labute approximate surface area is 104 Å². The van der Waals surface area contributed by atoms with E-state index in [9.17, 15) is 0 Å². The first-order valence-corrected chi connectivity index (χ1v) is 6.15. The van der Waals surface area contributed by atoms with Gasteiger partial charge in [-0.2, -0.15) is 0 Å². The molecule has 0 saturated carbocycles. The SMILES string of the molecule is CCOc1ccc(C(CC(C)(C)C)NN)cc1. The van der Waals surface area contributed by atoms with Crippen LogP contribution in [-0.4, -0.2) is 6.61 Å². The normalized spacial score (nSPS) is 13.5. The summed E-state index contributed by atoms with van der Waals surface area (Å²) in [6, 6.07) is 8.31. The quantitative estimate of drug-likeness (QED) is 0.610. The maximum atomic E-state index is 5.63. The van der Waals surface area contributed by atoms with Crippen LogP contribution in [0.25, 0.3) is 0 Å². The van der Waals surface area contributed by atoms with Gasteiger partial charge in [-0.15, -0.1) is 0 Å². The first kappa shape index (κ1) is 14.0. The molecule has 0 bridgehead atoms. The molecule has 3 heteroatoms. The summed E-state index contributed by atoms with van der Waals surface area (Å²) in [5.74, 6) is 6.53. The summed E-state index contributed by atoms with van der Waals surface area (Å²) in [5.41, 5.74) is 4.33. The Balaban J connectivity index is 2.75. The highest BCUT2D eigenvalue weighted by molar-refractivity contribution is 5.29. The second-order valence-corrected chi connectivity index (χ2v) is 5.49. The lowest BCUT2D eigenvalue weighted by molar-refractivity contribution is 0.312. The molecule has 0 spiro atoms. The molecule has 0 amide bonds. The molecule has 1 aromatic carbocycles. The van der Waals surface area contributed by atoms with Gasteiger partial charge in [-0.25, -0.2) is 0 Å². The van der Waals surface area contributed by atoms with Crippen molar-refractivity contribution >= 4 is 0 Å². The minimum Gasteiger partial charge on any atom is -0.494 e. The largest absolute Gasteiger partial charge is 0.494 e. The van der Waals surface area contributed by atoms with Gasteiger partial charge in [0.15, 0.2) is 0 Å². The van der Waals surface area contributed by atoms with Crippen molar-refractivity contribution in [3.63, 3.8) is 0 Å². The van der Waals surface area contributed by atoms with Gasteiger partial charge in [0.2, 0.25) is 0 Å². The van der Waals surface area contributed by atoms with Crippen LogP contribution in [0.4, 0.5) is 0 Å². The van der Waals surface area contributed by atoms with E-state index in [1.54, 1.807) is 0 Å². The van der Waals surface area contributed by atoms with Crippen molar-refractivity contribution in [1.29, 1.82) is 0 Å². The number of benzene rings is 1. The van der Waals surface area contributed by atoms with Crippen molar-refractivity contribution in [2.24, 2.45) is 11.3 Å². The third-order valence-corrected chi connectivity index (χ3v) is 2.61. The molecule has 0 radical (unpaired) electrons. The molecule has 3 N–H and O–H groups in total. The standard InChI is InChI=1S/C14H24N2O/c1-5-17-12-8-6-11(7-9-12)13(16-15)10-14(2,3)4/h6-9,13,16H,5,10,15H2,1-4H3. The summed E-state index contributed by atoms with van der Waals surface area (Å²) in [6.45, 7) is 9.32. The molecule has 0 saturated heterocycles. The number of rotatable bonds is 5. The predicted molar refractivity (Wildman–Crippen MR) is 71.7 cm³/mol. The Bertz CT molecular complexity index is 327. The lowest BCUT2D eigenvalue weighted by atomic mass is 9.86. The smallest absolute Gasteiger partial charge is 0.119 e. The van der Waals surface area contributed by atoms with Crippen LogP contribution in [0.15, 0.2) is 24.3 Å². The average molecular weight is 236 g/mol. The highest BCUT2D eigenvalue weighted by Crippen LogP contribution is 2.29. The molecular formula is C14H24N2O. The van der Waals surface area contributed by atoms with Crippen LogP contribution in [-0.2, 0) is 0 Å². The fraction of sp³-hybridized carbons (Fsp3) is 0.571. The van der Waals surface area contributed by atoms with Gasteiger partial charge in [0.1, 0.15) is 5.75 Å². The molecule has 0 aliphatic carbocycles. The Morgan fingerprint density at radius 1 is 1.24 bits per heavy atom. The minimum atomic E-state index is 0.186. The second kappa shape index (κ2) is 6.03. The van der Waals surface area contributed by atoms with Gasteiger partial charge < -0.3 is 4.74 Å². The van der Waals surface area contributed by atoms with Crippen molar-refractivity contribution in [2.45, 2.75) is 40.2 Å². The number of nitrogens with one attached hydrogen (secondary N) is 1.